The van der Waals surface area contributed by atoms with Crippen LogP contribution in [0, 0.1) is 0 Å². The molecule has 0 saturated carbocycles. The minimum atomic E-state index is -0.799. The van der Waals surface area contributed by atoms with Crippen LogP contribution in [0.25, 0.3) is 0 Å². The Morgan fingerprint density at radius 3 is 2.16 bits per heavy atom. The van der Waals surface area contributed by atoms with Crippen LogP contribution in [0.4, 0.5) is 11.4 Å². The van der Waals surface area contributed by atoms with E-state index in [1.54, 1.807) is 72.5 Å². The lowest BCUT2D eigenvalue weighted by Crippen LogP contribution is -2.39. The molecule has 1 aliphatic rings. The summed E-state index contributed by atoms with van der Waals surface area (Å²) in [5.74, 6) is -1.10. The second kappa shape index (κ2) is 12.4. The van der Waals surface area contributed by atoms with E-state index in [0.717, 1.165) is 5.56 Å². The van der Waals surface area contributed by atoms with Crippen molar-refractivity contribution in [2.45, 2.75) is 25.8 Å². The molecular weight excluding hydrogens is 545 g/mol. The summed E-state index contributed by atoms with van der Waals surface area (Å²) in [6.45, 7) is 2.41. The highest BCUT2D eigenvalue weighted by molar-refractivity contribution is 7.80. The van der Waals surface area contributed by atoms with Crippen molar-refractivity contribution >= 4 is 69.7 Å². The molecule has 1 N–H and O–H groups in total. The predicted octanol–water partition coefficient (Wildman–Crippen LogP) is 5.74. The zero-order valence-electron chi connectivity index (χ0n) is 20.5. The number of hydrogen-bond acceptors (Lipinski definition) is 5. The molecular formula is C28H25Cl2N3O4S. The van der Waals surface area contributed by atoms with Crippen molar-refractivity contribution in [2.75, 3.05) is 23.4 Å². The maximum Gasteiger partial charge on any atom is 0.338 e. The monoisotopic (exact) mass is 569 g/mol. The Morgan fingerprint density at radius 1 is 0.947 bits per heavy atom. The summed E-state index contributed by atoms with van der Waals surface area (Å²) in [5, 5.41) is 4.29. The number of rotatable bonds is 9. The van der Waals surface area contributed by atoms with Crippen LogP contribution in [0.1, 0.15) is 29.3 Å². The fourth-order valence-corrected chi connectivity index (χ4v) is 4.77. The van der Waals surface area contributed by atoms with E-state index >= 15 is 0 Å². The first-order chi connectivity index (χ1) is 18.3. The summed E-state index contributed by atoms with van der Waals surface area (Å²) >= 11 is 17.7. The molecule has 0 aliphatic carbocycles. The van der Waals surface area contributed by atoms with E-state index < -0.39 is 12.0 Å². The molecule has 0 radical (unpaired) electrons. The number of hydrogen-bond donors (Lipinski definition) is 1. The number of carbonyl (C=O) groups excluding carboxylic acids is 3. The van der Waals surface area contributed by atoms with Crippen LogP contribution in [-0.2, 0) is 20.7 Å². The summed E-state index contributed by atoms with van der Waals surface area (Å²) in [5.41, 5.74) is 2.47. The highest BCUT2D eigenvalue weighted by atomic mass is 35.5. The molecule has 0 spiro atoms. The molecule has 10 heteroatoms. The third kappa shape index (κ3) is 6.51. The number of amides is 2. The molecule has 38 heavy (non-hydrogen) atoms. The van der Waals surface area contributed by atoms with Crippen LogP contribution < -0.4 is 10.2 Å². The van der Waals surface area contributed by atoms with Gasteiger partial charge in [-0.05, 0) is 91.8 Å². The Hall–Kier alpha value is -3.46. The topological polar surface area (TPSA) is 78.9 Å². The van der Waals surface area contributed by atoms with E-state index in [1.165, 1.54) is 4.90 Å². The molecule has 1 fully saturated rings. The van der Waals surface area contributed by atoms with E-state index in [4.69, 9.17) is 40.2 Å². The molecule has 3 aromatic carbocycles. The number of thiocarbonyl (C=S) groups is 1. The lowest BCUT2D eigenvalue weighted by atomic mass is 10.1. The fraction of sp³-hybridized carbons (Fsp3) is 0.214. The third-order valence-corrected chi connectivity index (χ3v) is 6.94. The number of benzene rings is 3. The normalized spacial score (nSPS) is 15.1. The summed E-state index contributed by atoms with van der Waals surface area (Å²) in [6.07, 6.45) is 0.495. The highest BCUT2D eigenvalue weighted by Crippen LogP contribution is 2.28. The van der Waals surface area contributed by atoms with Gasteiger partial charge in [0.15, 0.2) is 5.11 Å². The molecule has 1 unspecified atom stereocenters. The van der Waals surface area contributed by atoms with Gasteiger partial charge in [0, 0.05) is 22.3 Å². The van der Waals surface area contributed by atoms with Crippen LogP contribution in [0.3, 0.4) is 0 Å². The third-order valence-electron chi connectivity index (χ3n) is 6.02. The number of carbonyl (C=O) groups is 3. The molecule has 4 rings (SSSR count). The summed E-state index contributed by atoms with van der Waals surface area (Å²) in [7, 11) is 0. The van der Waals surface area contributed by atoms with Gasteiger partial charge in [0.1, 0.15) is 6.04 Å². The zero-order valence-corrected chi connectivity index (χ0v) is 22.9. The molecule has 196 valence electrons. The van der Waals surface area contributed by atoms with Gasteiger partial charge in [-0.2, -0.15) is 0 Å². The van der Waals surface area contributed by atoms with Gasteiger partial charge in [-0.1, -0.05) is 35.3 Å². The van der Waals surface area contributed by atoms with Crippen LogP contribution in [0.5, 0.6) is 0 Å². The van der Waals surface area contributed by atoms with Gasteiger partial charge in [0.05, 0.1) is 24.3 Å². The second-order valence-corrected chi connectivity index (χ2v) is 9.81. The van der Waals surface area contributed by atoms with Gasteiger partial charge < -0.3 is 15.0 Å². The van der Waals surface area contributed by atoms with Crippen molar-refractivity contribution in [1.82, 2.24) is 4.90 Å². The Labute approximate surface area is 236 Å². The molecule has 0 bridgehead atoms. The molecule has 2 amide bonds. The summed E-state index contributed by atoms with van der Waals surface area (Å²) in [4.78, 5) is 41.8. The molecule has 3 aromatic rings. The van der Waals surface area contributed by atoms with Gasteiger partial charge in [-0.15, -0.1) is 0 Å². The van der Waals surface area contributed by atoms with Gasteiger partial charge in [-0.3, -0.25) is 14.5 Å². The van der Waals surface area contributed by atoms with Crippen molar-refractivity contribution < 1.29 is 19.1 Å². The van der Waals surface area contributed by atoms with Crippen LogP contribution in [-0.4, -0.2) is 47.0 Å². The second-order valence-electron chi connectivity index (χ2n) is 8.57. The average Bonchev–Trinajstić information content (AvgIpc) is 3.13. The number of nitrogens with zero attached hydrogens (tertiary/aromatic N) is 2. The van der Waals surface area contributed by atoms with Crippen LogP contribution in [0.2, 0.25) is 10.0 Å². The summed E-state index contributed by atoms with van der Waals surface area (Å²) in [6, 6.07) is 19.8. The Balaban J connectivity index is 1.55. The maximum absolute atomic E-state index is 13.6. The van der Waals surface area contributed by atoms with E-state index in [0.29, 0.717) is 39.9 Å². The standard InChI is InChI=1S/C28H25Cl2N3O4S/c1-2-37-27(36)19-5-13-23(14-6-19)33-26(35)24(17-25(34)31-22-11-9-21(30)10-12-22)32(28(33)38)16-15-18-3-7-20(29)8-4-18/h3-14,24H,2,15-17H2,1H3,(H,31,34). The quantitative estimate of drug-likeness (QED) is 0.261. The smallest absolute Gasteiger partial charge is 0.338 e. The SMILES string of the molecule is CCOC(=O)c1ccc(N2C(=O)C(CC(=O)Nc3ccc(Cl)cc3)N(CCc3ccc(Cl)cc3)C2=S)cc1. The minimum Gasteiger partial charge on any atom is -0.462 e. The Morgan fingerprint density at radius 2 is 1.55 bits per heavy atom. The molecule has 7 nitrogen and oxygen atoms in total. The maximum atomic E-state index is 13.6. The van der Waals surface area contributed by atoms with E-state index in [9.17, 15) is 14.4 Å². The number of esters is 1. The van der Waals surface area contributed by atoms with Crippen LogP contribution in [0.15, 0.2) is 72.8 Å². The van der Waals surface area contributed by atoms with Gasteiger partial charge in [-0.25, -0.2) is 4.79 Å². The Bertz CT molecular complexity index is 1330. The van der Waals surface area contributed by atoms with Crippen molar-refractivity contribution in [2.24, 2.45) is 0 Å². The zero-order chi connectivity index (χ0) is 27.2. The van der Waals surface area contributed by atoms with E-state index in [2.05, 4.69) is 5.32 Å². The molecule has 1 heterocycles. The molecule has 1 saturated heterocycles. The van der Waals surface area contributed by atoms with Crippen molar-refractivity contribution in [3.63, 3.8) is 0 Å². The molecule has 1 aliphatic heterocycles. The van der Waals surface area contributed by atoms with Crippen molar-refractivity contribution in [3.05, 3.63) is 94.0 Å². The number of anilines is 2. The lowest BCUT2D eigenvalue weighted by Gasteiger charge is -2.24. The number of halogens is 2. The number of ether oxygens (including phenoxy) is 1. The van der Waals surface area contributed by atoms with Gasteiger partial charge >= 0.3 is 5.97 Å². The minimum absolute atomic E-state index is 0.0976. The van der Waals surface area contributed by atoms with E-state index in [-0.39, 0.29) is 30.0 Å². The Kier molecular flexibility index (Phi) is 8.99. The first-order valence-corrected chi connectivity index (χ1v) is 13.1. The van der Waals surface area contributed by atoms with Crippen molar-refractivity contribution in [1.29, 1.82) is 0 Å². The van der Waals surface area contributed by atoms with Crippen LogP contribution >= 0.6 is 35.4 Å². The van der Waals surface area contributed by atoms with Crippen molar-refractivity contribution in [3.8, 4) is 0 Å². The van der Waals surface area contributed by atoms with Gasteiger partial charge in [0.2, 0.25) is 5.91 Å². The summed E-state index contributed by atoms with van der Waals surface area (Å²) < 4.78 is 5.04. The largest absolute Gasteiger partial charge is 0.462 e. The average molecular weight is 570 g/mol. The van der Waals surface area contributed by atoms with E-state index in [1.807, 2.05) is 12.1 Å². The first kappa shape index (κ1) is 27.6. The highest BCUT2D eigenvalue weighted by Gasteiger charge is 2.44. The molecule has 1 atom stereocenters. The lowest BCUT2D eigenvalue weighted by molar-refractivity contribution is -0.124. The van der Waals surface area contributed by atoms with Gasteiger partial charge in [0.25, 0.3) is 5.91 Å². The first-order valence-electron chi connectivity index (χ1n) is 12.0. The number of nitrogens with one attached hydrogen (secondary N) is 1. The fourth-order valence-electron chi connectivity index (χ4n) is 4.11. The predicted molar refractivity (Wildman–Crippen MR) is 153 cm³/mol. The molecule has 0 aromatic heterocycles.